The van der Waals surface area contributed by atoms with E-state index in [-0.39, 0.29) is 17.8 Å². The van der Waals surface area contributed by atoms with Crippen LogP contribution in [0.4, 0.5) is 0 Å². The Balaban J connectivity index is 2.54. The van der Waals surface area contributed by atoms with Crippen LogP contribution >= 0.6 is 11.3 Å². The molecule has 21 heavy (non-hydrogen) atoms. The van der Waals surface area contributed by atoms with Crippen LogP contribution in [0, 0.1) is 0 Å². The number of thiophene rings is 1. The van der Waals surface area contributed by atoms with Crippen LogP contribution in [-0.4, -0.2) is 50.8 Å². The van der Waals surface area contributed by atoms with Crippen molar-refractivity contribution in [1.29, 1.82) is 0 Å². The van der Waals surface area contributed by atoms with Gasteiger partial charge in [-0.15, -0.1) is 0 Å². The van der Waals surface area contributed by atoms with E-state index < -0.39 is 5.97 Å². The van der Waals surface area contributed by atoms with E-state index in [0.29, 0.717) is 26.8 Å². The average molecular weight is 305 g/mol. The summed E-state index contributed by atoms with van der Waals surface area (Å²) in [5.41, 5.74) is 0. The van der Waals surface area contributed by atoms with E-state index in [1.807, 2.05) is 0 Å². The third kappa shape index (κ3) is 6.75. The van der Waals surface area contributed by atoms with Crippen molar-refractivity contribution in [3.05, 3.63) is 28.0 Å². The first kappa shape index (κ1) is 17.0. The topological polar surface area (TPSA) is 108 Å². The molecule has 10 heteroatoms. The Morgan fingerprint density at radius 3 is 2.48 bits per heavy atom. The van der Waals surface area contributed by atoms with Crippen LogP contribution in [0.15, 0.2) is 23.2 Å². The number of carboxylic acid groups (broad SMARTS) is 1. The van der Waals surface area contributed by atoms with E-state index in [1.54, 1.807) is 24.3 Å². The van der Waals surface area contributed by atoms with Gasteiger partial charge in [-0.25, -0.2) is 0 Å². The van der Waals surface area contributed by atoms with Gasteiger partial charge < -0.3 is 0 Å². The Labute approximate surface area is 126 Å². The third-order valence-electron chi connectivity index (χ3n) is 2.18. The molecule has 0 aliphatic carbocycles. The molecule has 0 unspecified atom stereocenters. The van der Waals surface area contributed by atoms with Gasteiger partial charge in [-0.3, -0.25) is 0 Å². The zero-order chi connectivity index (χ0) is 15.5. The molecule has 0 saturated heterocycles. The van der Waals surface area contributed by atoms with Gasteiger partial charge in [-0.1, -0.05) is 0 Å². The molecule has 1 rings (SSSR count). The van der Waals surface area contributed by atoms with Gasteiger partial charge in [-0.2, -0.15) is 0 Å². The van der Waals surface area contributed by atoms with Crippen molar-refractivity contribution < 1.29 is 19.3 Å². The van der Waals surface area contributed by atoms with Gasteiger partial charge >= 0.3 is 126 Å². The van der Waals surface area contributed by atoms with E-state index >= 15 is 0 Å². The zero-order valence-corrected chi connectivity index (χ0v) is 11.9. The summed E-state index contributed by atoms with van der Waals surface area (Å²) in [4.78, 5) is 15.9. The fourth-order valence-electron chi connectivity index (χ4n) is 1.32. The van der Waals surface area contributed by atoms with Gasteiger partial charge in [0.2, 0.25) is 0 Å². The Morgan fingerprint density at radius 1 is 1.29 bits per heavy atom. The molecular formula is C11H13B2N3O4S. The van der Waals surface area contributed by atoms with Crippen molar-refractivity contribution >= 4 is 43.6 Å². The standard InChI is InChI=1S/C11H13B2N3O4S/c17-10(18)9-4-3-8(21-9)2-1-5-14-11(15-6-12-19)16-7-13-20/h1-4H,5-7H2,(H,17,18)(H2,14,15,16). The second-order valence-electron chi connectivity index (χ2n) is 3.69. The summed E-state index contributed by atoms with van der Waals surface area (Å²) in [5, 5.41) is 14.2. The Hall–Kier alpha value is -2.09. The summed E-state index contributed by atoms with van der Waals surface area (Å²) in [6.45, 7) is 0.327. The number of hydrogen-bond acceptors (Lipinski definition) is 5. The van der Waals surface area contributed by atoms with E-state index in [1.165, 1.54) is 11.3 Å². The van der Waals surface area contributed by atoms with Crippen molar-refractivity contribution in [2.45, 2.75) is 0 Å². The fraction of sp³-hybridized carbons (Fsp3) is 0.273. The molecule has 0 saturated carbocycles. The van der Waals surface area contributed by atoms with Gasteiger partial charge in [0.25, 0.3) is 0 Å². The predicted molar refractivity (Wildman–Crippen MR) is 81.5 cm³/mol. The average Bonchev–Trinajstić information content (AvgIpc) is 2.94. The maximum absolute atomic E-state index is 10.7. The molecule has 1 heterocycles. The molecule has 0 atom stereocenters. The summed E-state index contributed by atoms with van der Waals surface area (Å²) < 4.78 is 20.6. The van der Waals surface area contributed by atoms with Crippen LogP contribution in [-0.2, 0) is 9.41 Å². The third-order valence-corrected chi connectivity index (χ3v) is 3.22. The number of aliphatic imine (C=N–C) groups is 1. The van der Waals surface area contributed by atoms with E-state index in [9.17, 15) is 14.2 Å². The maximum atomic E-state index is 10.7. The summed E-state index contributed by atoms with van der Waals surface area (Å²) in [7, 11) is 1.38. The first-order valence-corrected chi connectivity index (χ1v) is 6.88. The van der Waals surface area contributed by atoms with Crippen molar-refractivity contribution in [2.75, 3.05) is 19.4 Å². The van der Waals surface area contributed by atoms with Gasteiger partial charge in [0.1, 0.15) is 0 Å². The number of nitrogens with one attached hydrogen (secondary N) is 2. The van der Waals surface area contributed by atoms with Crippen molar-refractivity contribution in [2.24, 2.45) is 4.99 Å². The summed E-state index contributed by atoms with van der Waals surface area (Å²) >= 11 is 1.17. The number of carboxylic acids is 1. The number of carbonyl (C=O) groups is 1. The van der Waals surface area contributed by atoms with Gasteiger partial charge in [0, 0.05) is 0 Å². The molecule has 3 N–H and O–H groups in total. The molecule has 0 spiro atoms. The number of nitrogens with zero attached hydrogens (tertiary/aromatic N) is 1. The zero-order valence-electron chi connectivity index (χ0n) is 11.1. The summed E-state index contributed by atoms with van der Waals surface area (Å²) in [5.74, 6) is -0.590. The van der Waals surface area contributed by atoms with Crippen LogP contribution in [0.25, 0.3) is 6.08 Å². The molecule has 0 aliphatic heterocycles. The van der Waals surface area contributed by atoms with E-state index in [0.717, 1.165) is 4.88 Å². The number of rotatable bonds is 8. The minimum absolute atomic E-state index is 0.0985. The first-order chi connectivity index (χ1) is 10.2. The SMILES string of the molecule is O=BCNC(=NCC=Cc1ccc(C(=O)O)s1)NCB=O. The Kier molecular flexibility index (Phi) is 7.88. The quantitative estimate of drug-likeness (QED) is 0.355. The van der Waals surface area contributed by atoms with Crippen molar-refractivity contribution in [3.63, 3.8) is 0 Å². The molecule has 0 bridgehead atoms. The number of aromatic carboxylic acids is 1. The number of guanidine groups is 1. The van der Waals surface area contributed by atoms with Crippen LogP contribution in [0.1, 0.15) is 14.5 Å². The molecule has 0 amide bonds. The monoisotopic (exact) mass is 305 g/mol. The molecule has 1 aromatic rings. The Bertz CT molecular complexity index is 545. The van der Waals surface area contributed by atoms with Crippen LogP contribution in [0.3, 0.4) is 0 Å². The molecule has 0 aliphatic rings. The minimum atomic E-state index is -0.948. The van der Waals surface area contributed by atoms with Crippen LogP contribution in [0.5, 0.6) is 0 Å². The van der Waals surface area contributed by atoms with Crippen LogP contribution in [0.2, 0.25) is 0 Å². The van der Waals surface area contributed by atoms with Gasteiger partial charge in [-0.05, 0) is 0 Å². The number of hydrogen-bond donors (Lipinski definition) is 3. The van der Waals surface area contributed by atoms with Gasteiger partial charge in [0.05, 0.1) is 0 Å². The molecule has 0 fully saturated rings. The summed E-state index contributed by atoms with van der Waals surface area (Å²) in [6, 6.07) is 3.25. The van der Waals surface area contributed by atoms with Gasteiger partial charge in [0.15, 0.2) is 0 Å². The molecule has 1 aromatic heterocycles. The molecule has 0 radical (unpaired) electrons. The fourth-order valence-corrected chi connectivity index (χ4v) is 2.10. The molecule has 0 aromatic carbocycles. The predicted octanol–water partition coefficient (Wildman–Crippen LogP) is 0.00910. The normalized spacial score (nSPS) is 9.71. The van der Waals surface area contributed by atoms with E-state index in [2.05, 4.69) is 15.6 Å². The Morgan fingerprint density at radius 2 is 1.95 bits per heavy atom. The molecule has 108 valence electrons. The molecular weight excluding hydrogens is 292 g/mol. The van der Waals surface area contributed by atoms with Crippen LogP contribution < -0.4 is 10.6 Å². The first-order valence-electron chi connectivity index (χ1n) is 6.06. The van der Waals surface area contributed by atoms with E-state index in [4.69, 9.17) is 5.11 Å². The van der Waals surface area contributed by atoms with Crippen molar-refractivity contribution in [3.8, 4) is 0 Å². The summed E-state index contributed by atoms with van der Waals surface area (Å²) in [6.07, 6.45) is 3.71. The molecule has 7 nitrogen and oxygen atoms in total. The second kappa shape index (κ2) is 9.76. The second-order valence-corrected chi connectivity index (χ2v) is 4.81. The van der Waals surface area contributed by atoms with Crippen molar-refractivity contribution in [1.82, 2.24) is 10.6 Å².